The zero-order valence-corrected chi connectivity index (χ0v) is 11.9. The molecule has 1 saturated carbocycles. The third-order valence-electron chi connectivity index (χ3n) is 4.39. The summed E-state index contributed by atoms with van der Waals surface area (Å²) in [6, 6.07) is 0.448. The molecule has 0 aromatic carbocycles. The average molecular weight is 288 g/mol. The van der Waals surface area contributed by atoms with Crippen molar-refractivity contribution in [1.82, 2.24) is 4.90 Å². The van der Waals surface area contributed by atoms with Gasteiger partial charge < -0.3 is 4.90 Å². The third kappa shape index (κ3) is 2.15. The third-order valence-corrected chi connectivity index (χ3v) is 5.14. The summed E-state index contributed by atoms with van der Waals surface area (Å²) in [5.41, 5.74) is 0.219. The largest absolute Gasteiger partial charge is 0.339 e. The summed E-state index contributed by atoms with van der Waals surface area (Å²) in [6.07, 6.45) is 5.86. The molecule has 1 heterocycles. The van der Waals surface area contributed by atoms with Crippen LogP contribution in [0.3, 0.4) is 0 Å². The van der Waals surface area contributed by atoms with Gasteiger partial charge in [-0.25, -0.2) is 0 Å². The summed E-state index contributed by atoms with van der Waals surface area (Å²) < 4.78 is 0. The van der Waals surface area contributed by atoms with Crippen molar-refractivity contribution >= 4 is 21.8 Å². The lowest BCUT2D eigenvalue weighted by molar-refractivity contribution is -0.138. The molecule has 2 nitrogen and oxygen atoms in total. The smallest absolute Gasteiger partial charge is 0.226 e. The van der Waals surface area contributed by atoms with Crippen molar-refractivity contribution in [2.75, 3.05) is 11.9 Å². The first kappa shape index (κ1) is 12.4. The van der Waals surface area contributed by atoms with Gasteiger partial charge in [-0.2, -0.15) is 0 Å². The number of carbonyl (C=O) groups is 1. The van der Waals surface area contributed by atoms with E-state index in [1.54, 1.807) is 0 Å². The van der Waals surface area contributed by atoms with E-state index in [9.17, 15) is 4.79 Å². The minimum absolute atomic E-state index is 0.219. The van der Waals surface area contributed by atoms with Crippen molar-refractivity contribution < 1.29 is 4.79 Å². The van der Waals surface area contributed by atoms with Gasteiger partial charge in [-0.1, -0.05) is 36.2 Å². The monoisotopic (exact) mass is 287 g/mol. The first-order valence-corrected chi connectivity index (χ1v) is 7.55. The zero-order valence-electron chi connectivity index (χ0n) is 10.3. The fraction of sp³-hybridized carbons (Fsp3) is 0.923. The predicted molar refractivity (Wildman–Crippen MR) is 69.7 cm³/mol. The Morgan fingerprint density at radius 2 is 2.12 bits per heavy atom. The Morgan fingerprint density at radius 1 is 1.38 bits per heavy atom. The van der Waals surface area contributed by atoms with Crippen molar-refractivity contribution in [1.29, 1.82) is 0 Å². The molecule has 0 radical (unpaired) electrons. The van der Waals surface area contributed by atoms with Crippen molar-refractivity contribution in [2.24, 2.45) is 11.3 Å². The standard InChI is InChI=1S/C13H22BrNO/c1-13(2)7-3-6-11(13)12(16)15-8-4-5-10(15)9-14/h10-11H,3-9H2,1-2H3. The van der Waals surface area contributed by atoms with E-state index in [-0.39, 0.29) is 11.3 Å². The topological polar surface area (TPSA) is 20.3 Å². The second kappa shape index (κ2) is 4.67. The van der Waals surface area contributed by atoms with Crippen molar-refractivity contribution in [3.05, 3.63) is 0 Å². The van der Waals surface area contributed by atoms with Crippen molar-refractivity contribution in [3.63, 3.8) is 0 Å². The maximum absolute atomic E-state index is 12.5. The van der Waals surface area contributed by atoms with Gasteiger partial charge in [-0.3, -0.25) is 4.79 Å². The van der Waals surface area contributed by atoms with Crippen LogP contribution in [0.25, 0.3) is 0 Å². The molecule has 2 rings (SSSR count). The Hall–Kier alpha value is -0.0500. The Kier molecular flexibility index (Phi) is 3.62. The molecule has 1 aliphatic heterocycles. The van der Waals surface area contributed by atoms with Crippen molar-refractivity contribution in [2.45, 2.75) is 52.0 Å². The van der Waals surface area contributed by atoms with Crippen LogP contribution in [-0.4, -0.2) is 28.7 Å². The lowest BCUT2D eigenvalue weighted by Gasteiger charge is -2.32. The normalized spacial score (nSPS) is 33.3. The fourth-order valence-electron chi connectivity index (χ4n) is 3.27. The van der Waals surface area contributed by atoms with Gasteiger partial charge >= 0.3 is 0 Å². The summed E-state index contributed by atoms with van der Waals surface area (Å²) in [6.45, 7) is 5.48. The van der Waals surface area contributed by atoms with E-state index < -0.39 is 0 Å². The van der Waals surface area contributed by atoms with Crippen LogP contribution in [0.1, 0.15) is 46.0 Å². The number of hydrogen-bond acceptors (Lipinski definition) is 1. The maximum Gasteiger partial charge on any atom is 0.226 e. The second-order valence-electron chi connectivity index (χ2n) is 5.92. The van der Waals surface area contributed by atoms with Crippen LogP contribution in [-0.2, 0) is 4.79 Å². The Bertz CT molecular complexity index is 277. The Morgan fingerprint density at radius 3 is 2.69 bits per heavy atom. The Balaban J connectivity index is 2.07. The van der Waals surface area contributed by atoms with Crippen LogP contribution < -0.4 is 0 Å². The molecule has 3 heteroatoms. The number of nitrogens with zero attached hydrogens (tertiary/aromatic N) is 1. The number of hydrogen-bond donors (Lipinski definition) is 0. The summed E-state index contributed by atoms with van der Waals surface area (Å²) in [5.74, 6) is 0.691. The van der Waals surface area contributed by atoms with E-state index in [2.05, 4.69) is 34.7 Å². The fourth-order valence-corrected chi connectivity index (χ4v) is 3.94. The van der Waals surface area contributed by atoms with Crippen LogP contribution in [0.5, 0.6) is 0 Å². The van der Waals surface area contributed by atoms with E-state index in [1.807, 2.05) is 0 Å². The predicted octanol–water partition coefficient (Wildman–Crippen LogP) is 3.20. The van der Waals surface area contributed by atoms with Crippen LogP contribution in [0.4, 0.5) is 0 Å². The number of carbonyl (C=O) groups excluding carboxylic acids is 1. The quantitative estimate of drug-likeness (QED) is 0.715. The van der Waals surface area contributed by atoms with Crippen molar-refractivity contribution in [3.8, 4) is 0 Å². The molecule has 92 valence electrons. The molecular formula is C13H22BrNO. The summed E-state index contributed by atoms with van der Waals surface area (Å²) in [5, 5.41) is 0.936. The lowest BCUT2D eigenvalue weighted by atomic mass is 9.81. The van der Waals surface area contributed by atoms with E-state index in [0.29, 0.717) is 11.9 Å². The molecule has 16 heavy (non-hydrogen) atoms. The average Bonchev–Trinajstić information content (AvgIpc) is 2.82. The lowest BCUT2D eigenvalue weighted by Crippen LogP contribution is -2.43. The highest BCUT2D eigenvalue weighted by Crippen LogP contribution is 2.44. The van der Waals surface area contributed by atoms with E-state index in [1.165, 1.54) is 25.7 Å². The van der Waals surface area contributed by atoms with E-state index >= 15 is 0 Å². The van der Waals surface area contributed by atoms with Crippen LogP contribution in [0, 0.1) is 11.3 Å². The molecule has 0 bridgehead atoms. The zero-order chi connectivity index (χ0) is 11.8. The summed E-state index contributed by atoms with van der Waals surface area (Å²) >= 11 is 3.53. The number of halogens is 1. The number of alkyl halides is 1. The second-order valence-corrected chi connectivity index (χ2v) is 6.56. The molecule has 1 amide bonds. The van der Waals surface area contributed by atoms with Gasteiger partial charge in [-0.05, 0) is 31.1 Å². The molecule has 2 aliphatic rings. The Labute approximate surface area is 107 Å². The first-order chi connectivity index (χ1) is 7.56. The number of rotatable bonds is 2. The van der Waals surface area contributed by atoms with Gasteiger partial charge in [0, 0.05) is 23.8 Å². The minimum Gasteiger partial charge on any atom is -0.339 e. The minimum atomic E-state index is 0.219. The van der Waals surface area contributed by atoms with E-state index in [0.717, 1.165) is 18.3 Å². The molecule has 2 atom stereocenters. The van der Waals surface area contributed by atoms with Gasteiger partial charge in [0.05, 0.1) is 0 Å². The SMILES string of the molecule is CC1(C)CCCC1C(=O)N1CCCC1CBr. The van der Waals surface area contributed by atoms with Gasteiger partial charge in [0.15, 0.2) is 0 Å². The highest BCUT2D eigenvalue weighted by Gasteiger charge is 2.43. The molecule has 1 saturated heterocycles. The maximum atomic E-state index is 12.5. The molecule has 0 N–H and O–H groups in total. The highest BCUT2D eigenvalue weighted by atomic mass is 79.9. The number of amides is 1. The van der Waals surface area contributed by atoms with E-state index in [4.69, 9.17) is 0 Å². The molecular weight excluding hydrogens is 266 g/mol. The van der Waals surface area contributed by atoms with Gasteiger partial charge in [0.25, 0.3) is 0 Å². The van der Waals surface area contributed by atoms with Gasteiger partial charge in [0.1, 0.15) is 0 Å². The highest BCUT2D eigenvalue weighted by molar-refractivity contribution is 9.09. The molecule has 2 unspecified atom stereocenters. The van der Waals surface area contributed by atoms with Crippen LogP contribution in [0.15, 0.2) is 0 Å². The van der Waals surface area contributed by atoms with Gasteiger partial charge in [0.2, 0.25) is 5.91 Å². The van der Waals surface area contributed by atoms with Crippen LogP contribution in [0.2, 0.25) is 0 Å². The molecule has 2 fully saturated rings. The van der Waals surface area contributed by atoms with Gasteiger partial charge in [-0.15, -0.1) is 0 Å². The summed E-state index contributed by atoms with van der Waals surface area (Å²) in [4.78, 5) is 14.7. The summed E-state index contributed by atoms with van der Waals surface area (Å²) in [7, 11) is 0. The molecule has 0 aromatic heterocycles. The molecule has 0 aromatic rings. The molecule has 1 aliphatic carbocycles. The number of likely N-dealkylation sites (tertiary alicyclic amines) is 1. The van der Waals surface area contributed by atoms with Crippen LogP contribution >= 0.6 is 15.9 Å². The first-order valence-electron chi connectivity index (χ1n) is 6.43. The molecule has 0 spiro atoms.